The van der Waals surface area contributed by atoms with Crippen LogP contribution in [-0.4, -0.2) is 47.5 Å². The van der Waals surface area contributed by atoms with Crippen LogP contribution in [0, 0.1) is 21.7 Å². The van der Waals surface area contributed by atoms with Gasteiger partial charge in [-0.05, 0) is 46.5 Å². The Hall–Kier alpha value is -2.12. The van der Waals surface area contributed by atoms with Crippen LogP contribution in [0.2, 0.25) is 0 Å². The maximum Gasteiger partial charge on any atom is 0.313 e. The third-order valence-electron chi connectivity index (χ3n) is 9.85. The van der Waals surface area contributed by atoms with Gasteiger partial charge >= 0.3 is 11.9 Å². The van der Waals surface area contributed by atoms with Crippen molar-refractivity contribution < 1.29 is 28.7 Å². The van der Waals surface area contributed by atoms with Gasteiger partial charge in [0.15, 0.2) is 11.2 Å². The minimum Gasteiger partial charge on any atom is -0.448 e. The van der Waals surface area contributed by atoms with Crippen molar-refractivity contribution >= 4 is 23.8 Å². The van der Waals surface area contributed by atoms with E-state index >= 15 is 0 Å². The monoisotopic (exact) mass is 434 g/mol. The second kappa shape index (κ2) is 6.01. The van der Waals surface area contributed by atoms with Gasteiger partial charge in [0.2, 0.25) is 0 Å². The first-order chi connectivity index (χ1) is 14.1. The largest absolute Gasteiger partial charge is 0.448 e. The molecule has 172 valence electrons. The lowest BCUT2D eigenvalue weighted by molar-refractivity contribution is -0.169. The predicted molar refractivity (Wildman–Crippen MR) is 111 cm³/mol. The van der Waals surface area contributed by atoms with Crippen LogP contribution in [0.1, 0.15) is 74.1 Å². The van der Waals surface area contributed by atoms with Gasteiger partial charge in [0.05, 0.1) is 10.8 Å². The predicted octanol–water partition coefficient (Wildman–Crippen LogP) is 1.85. The molecule has 2 amide bonds. The van der Waals surface area contributed by atoms with E-state index < -0.39 is 38.9 Å². The normalized spacial score (nSPS) is 42.2. The number of fused-ring (bicyclic) bond motifs is 4. The number of hydrogen-bond donors (Lipinski definition) is 2. The Morgan fingerprint density at radius 2 is 1.23 bits per heavy atom. The highest BCUT2D eigenvalue weighted by Crippen LogP contribution is 2.66. The molecule has 4 fully saturated rings. The number of rotatable bonds is 5. The Kier molecular flexibility index (Phi) is 4.28. The molecular weight excluding hydrogens is 400 g/mol. The van der Waals surface area contributed by atoms with Crippen LogP contribution in [0.4, 0.5) is 0 Å². The summed E-state index contributed by atoms with van der Waals surface area (Å²) in [5.74, 6) is -1.30. The van der Waals surface area contributed by atoms with Crippen LogP contribution < -0.4 is 10.6 Å². The second-order valence-electron chi connectivity index (χ2n) is 11.4. The summed E-state index contributed by atoms with van der Waals surface area (Å²) in [4.78, 5) is 51.1. The molecule has 0 aromatic carbocycles. The Labute approximate surface area is 183 Å². The molecule has 31 heavy (non-hydrogen) atoms. The summed E-state index contributed by atoms with van der Waals surface area (Å²) in [6.07, 6.45) is 2.19. The number of ether oxygens (including phenoxy) is 2. The van der Waals surface area contributed by atoms with E-state index in [1.54, 1.807) is 6.92 Å². The zero-order chi connectivity index (χ0) is 23.3. The average molecular weight is 435 g/mol. The highest BCUT2D eigenvalue weighted by Gasteiger charge is 2.76. The van der Waals surface area contributed by atoms with Crippen molar-refractivity contribution in [3.05, 3.63) is 0 Å². The maximum absolute atomic E-state index is 13.2. The van der Waals surface area contributed by atoms with Gasteiger partial charge in [-0.3, -0.25) is 19.2 Å². The lowest BCUT2D eigenvalue weighted by Crippen LogP contribution is -2.58. The fraction of sp³-hybridized carbons (Fsp3) is 0.826. The van der Waals surface area contributed by atoms with Crippen LogP contribution in [0.15, 0.2) is 0 Å². The summed E-state index contributed by atoms with van der Waals surface area (Å²) in [5.41, 5.74) is -4.96. The fourth-order valence-electron chi connectivity index (χ4n) is 6.27. The number of amides is 2. The van der Waals surface area contributed by atoms with Crippen LogP contribution in [0.5, 0.6) is 0 Å². The number of carbonyl (C=O) groups excluding carboxylic acids is 4. The molecule has 8 heteroatoms. The zero-order valence-corrected chi connectivity index (χ0v) is 19.6. The number of carbonyl (C=O) groups is 4. The van der Waals surface area contributed by atoms with E-state index in [0.717, 1.165) is 0 Å². The van der Waals surface area contributed by atoms with Gasteiger partial charge in [-0.2, -0.15) is 0 Å². The van der Waals surface area contributed by atoms with E-state index in [4.69, 9.17) is 9.47 Å². The van der Waals surface area contributed by atoms with Crippen molar-refractivity contribution in [2.24, 2.45) is 21.7 Å². The highest BCUT2D eigenvalue weighted by molar-refractivity contribution is 5.97. The first kappa shape index (κ1) is 22.1. The van der Waals surface area contributed by atoms with Crippen molar-refractivity contribution in [1.82, 2.24) is 10.6 Å². The molecule has 8 nitrogen and oxygen atoms in total. The van der Waals surface area contributed by atoms with Gasteiger partial charge in [-0.15, -0.1) is 0 Å². The minimum absolute atomic E-state index is 0.179. The summed E-state index contributed by atoms with van der Waals surface area (Å²) in [7, 11) is 0. The summed E-state index contributed by atoms with van der Waals surface area (Å²) >= 11 is 0. The van der Waals surface area contributed by atoms with Crippen LogP contribution in [0.3, 0.4) is 0 Å². The van der Waals surface area contributed by atoms with Gasteiger partial charge in [-0.25, -0.2) is 0 Å². The van der Waals surface area contributed by atoms with Crippen molar-refractivity contribution in [1.29, 1.82) is 0 Å². The van der Waals surface area contributed by atoms with Crippen molar-refractivity contribution in [3.63, 3.8) is 0 Å². The topological polar surface area (TPSA) is 111 Å². The van der Waals surface area contributed by atoms with E-state index in [1.807, 2.05) is 41.5 Å². The molecule has 4 aliphatic rings. The van der Waals surface area contributed by atoms with Crippen LogP contribution in [-0.2, 0) is 28.7 Å². The lowest BCUT2D eigenvalue weighted by Gasteiger charge is -2.37. The van der Waals surface area contributed by atoms with Crippen molar-refractivity contribution in [3.8, 4) is 0 Å². The minimum atomic E-state index is -1.19. The number of esters is 2. The molecule has 0 spiro atoms. The van der Waals surface area contributed by atoms with E-state index in [1.165, 1.54) is 0 Å². The Morgan fingerprint density at radius 1 is 0.806 bits per heavy atom. The molecule has 2 heterocycles. The maximum atomic E-state index is 13.2. The molecule has 0 aromatic rings. The molecule has 2 N–H and O–H groups in total. The molecule has 0 radical (unpaired) electrons. The summed E-state index contributed by atoms with van der Waals surface area (Å²) < 4.78 is 11.2. The number of nitrogens with one attached hydrogen (secondary N) is 2. The first-order valence-corrected chi connectivity index (χ1v) is 11.2. The molecular formula is C23H34N2O6. The fourth-order valence-corrected chi connectivity index (χ4v) is 6.27. The third kappa shape index (κ3) is 2.26. The third-order valence-corrected chi connectivity index (χ3v) is 9.85. The van der Waals surface area contributed by atoms with Gasteiger partial charge in [0.1, 0.15) is 0 Å². The zero-order valence-electron chi connectivity index (χ0n) is 19.6. The Balaban J connectivity index is 1.41. The second-order valence-corrected chi connectivity index (χ2v) is 11.4. The average Bonchev–Trinajstić information content (AvgIpc) is 3.14. The standard InChI is InChI=1S/C23H34N2O6/c1-13(25-15(27)23-11-9-21(7,17(29)31-23)19(23,4)5)12-24-14(26)22-10-8-20(6,16(28)30-22)18(22,2)3/h13H,8-12H2,1-7H3,(H,24,26)(H,25,27)/t13-,20+,21+,22-,23-/m0/s1. The lowest BCUT2D eigenvalue weighted by atomic mass is 9.66. The quantitative estimate of drug-likeness (QED) is 0.639. The van der Waals surface area contributed by atoms with Gasteiger partial charge in [-0.1, -0.05) is 27.7 Å². The van der Waals surface area contributed by atoms with Crippen molar-refractivity contribution in [2.45, 2.75) is 91.4 Å². The molecule has 2 aliphatic heterocycles. The molecule has 0 unspecified atom stereocenters. The smallest absolute Gasteiger partial charge is 0.313 e. The SMILES string of the molecule is C[C@@H](CNC(=O)[C@]12CC[C@](C)(C(=O)O1)C2(C)C)NC(=O)[C@]12CC[C@](C)(C(=O)O1)C2(C)C. The van der Waals surface area contributed by atoms with Crippen LogP contribution in [0.25, 0.3) is 0 Å². The van der Waals surface area contributed by atoms with Crippen LogP contribution >= 0.6 is 0 Å². The van der Waals surface area contributed by atoms with E-state index in [-0.39, 0.29) is 30.3 Å². The molecule has 5 atom stereocenters. The molecule has 4 rings (SSSR count). The molecule has 4 bridgehead atoms. The first-order valence-electron chi connectivity index (χ1n) is 11.2. The Bertz CT molecular complexity index is 896. The molecule has 2 saturated carbocycles. The van der Waals surface area contributed by atoms with Crippen molar-refractivity contribution in [2.75, 3.05) is 6.54 Å². The Morgan fingerprint density at radius 3 is 1.58 bits per heavy atom. The molecule has 2 saturated heterocycles. The van der Waals surface area contributed by atoms with E-state index in [9.17, 15) is 19.2 Å². The number of hydrogen-bond acceptors (Lipinski definition) is 6. The van der Waals surface area contributed by atoms with Gasteiger partial charge in [0.25, 0.3) is 11.8 Å². The molecule has 0 aromatic heterocycles. The summed E-state index contributed by atoms with van der Waals surface area (Å²) in [6, 6.07) is -0.391. The van der Waals surface area contributed by atoms with Gasteiger partial charge < -0.3 is 20.1 Å². The molecule has 2 aliphatic carbocycles. The van der Waals surface area contributed by atoms with E-state index in [2.05, 4.69) is 10.6 Å². The van der Waals surface area contributed by atoms with E-state index in [0.29, 0.717) is 25.7 Å². The van der Waals surface area contributed by atoms with Gasteiger partial charge in [0, 0.05) is 23.4 Å². The highest BCUT2D eigenvalue weighted by atomic mass is 16.6. The summed E-state index contributed by atoms with van der Waals surface area (Å²) in [6.45, 7) is 13.3. The summed E-state index contributed by atoms with van der Waals surface area (Å²) in [5, 5.41) is 5.79.